The SMILES string of the molecule is CCCc1ccc(OCCNC(=O)C2CN(S(=O)(=O)c3ccc(OC)cc3)c3ccccc3O2)cc1. The van der Waals surface area contributed by atoms with E-state index in [0.717, 1.165) is 18.6 Å². The van der Waals surface area contributed by atoms with Gasteiger partial charge < -0.3 is 19.5 Å². The van der Waals surface area contributed by atoms with Crippen LogP contribution in [0.1, 0.15) is 18.9 Å². The molecule has 0 spiro atoms. The molecule has 8 nitrogen and oxygen atoms in total. The molecule has 0 bridgehead atoms. The van der Waals surface area contributed by atoms with Crippen molar-refractivity contribution in [1.29, 1.82) is 0 Å². The number of para-hydroxylation sites is 2. The molecule has 0 fully saturated rings. The average molecular weight is 511 g/mol. The summed E-state index contributed by atoms with van der Waals surface area (Å²) in [5, 5.41) is 2.79. The lowest BCUT2D eigenvalue weighted by Gasteiger charge is -2.34. The molecule has 3 aromatic rings. The number of carbonyl (C=O) groups excluding carboxylic acids is 1. The van der Waals surface area contributed by atoms with Crippen LogP contribution in [0.5, 0.6) is 17.2 Å². The van der Waals surface area contributed by atoms with Crippen LogP contribution in [0, 0.1) is 0 Å². The minimum atomic E-state index is -3.94. The van der Waals surface area contributed by atoms with Gasteiger partial charge in [0, 0.05) is 0 Å². The highest BCUT2D eigenvalue weighted by atomic mass is 32.2. The Bertz CT molecular complexity index is 1280. The van der Waals surface area contributed by atoms with Gasteiger partial charge in [0.05, 0.1) is 30.8 Å². The first-order valence-electron chi connectivity index (χ1n) is 11.8. The van der Waals surface area contributed by atoms with E-state index >= 15 is 0 Å². The molecule has 1 atom stereocenters. The number of hydrogen-bond acceptors (Lipinski definition) is 6. The third kappa shape index (κ3) is 5.73. The number of anilines is 1. The molecule has 1 unspecified atom stereocenters. The van der Waals surface area contributed by atoms with Crippen LogP contribution < -0.4 is 23.8 Å². The summed E-state index contributed by atoms with van der Waals surface area (Å²) in [5.41, 5.74) is 1.63. The number of benzene rings is 3. The molecule has 0 aromatic heterocycles. The molecule has 0 saturated heterocycles. The number of hydrogen-bond donors (Lipinski definition) is 1. The van der Waals surface area contributed by atoms with Crippen molar-refractivity contribution in [2.45, 2.75) is 30.8 Å². The van der Waals surface area contributed by atoms with E-state index in [0.29, 0.717) is 17.2 Å². The molecule has 3 aromatic carbocycles. The third-order valence-corrected chi connectivity index (χ3v) is 7.60. The molecule has 9 heteroatoms. The van der Waals surface area contributed by atoms with E-state index in [1.54, 1.807) is 36.4 Å². The molecule has 1 heterocycles. The number of fused-ring (bicyclic) bond motifs is 1. The first-order valence-corrected chi connectivity index (χ1v) is 13.3. The monoisotopic (exact) mass is 510 g/mol. The van der Waals surface area contributed by atoms with Crippen LogP contribution in [0.15, 0.2) is 77.7 Å². The van der Waals surface area contributed by atoms with Gasteiger partial charge in [0.1, 0.15) is 23.9 Å². The molecule has 1 N–H and O–H groups in total. The van der Waals surface area contributed by atoms with Crippen molar-refractivity contribution < 1.29 is 27.4 Å². The molecule has 1 aliphatic rings. The first-order chi connectivity index (χ1) is 17.4. The molecule has 1 amide bonds. The highest BCUT2D eigenvalue weighted by Gasteiger charge is 2.37. The minimum Gasteiger partial charge on any atom is -0.497 e. The number of nitrogens with one attached hydrogen (secondary N) is 1. The summed E-state index contributed by atoms with van der Waals surface area (Å²) in [4.78, 5) is 13.0. The van der Waals surface area contributed by atoms with Crippen LogP contribution >= 0.6 is 0 Å². The average Bonchev–Trinajstić information content (AvgIpc) is 2.91. The molecule has 4 rings (SSSR count). The number of sulfonamides is 1. The van der Waals surface area contributed by atoms with Crippen molar-refractivity contribution in [2.24, 2.45) is 0 Å². The lowest BCUT2D eigenvalue weighted by atomic mass is 10.1. The van der Waals surface area contributed by atoms with Crippen LogP contribution in [-0.2, 0) is 21.2 Å². The zero-order valence-electron chi connectivity index (χ0n) is 20.3. The van der Waals surface area contributed by atoms with E-state index in [1.165, 1.54) is 29.1 Å². The summed E-state index contributed by atoms with van der Waals surface area (Å²) >= 11 is 0. The van der Waals surface area contributed by atoms with Crippen molar-refractivity contribution in [1.82, 2.24) is 5.32 Å². The summed E-state index contributed by atoms with van der Waals surface area (Å²) in [5.74, 6) is 1.18. The zero-order chi connectivity index (χ0) is 25.5. The predicted molar refractivity (Wildman–Crippen MR) is 137 cm³/mol. The number of carbonyl (C=O) groups is 1. The Kier molecular flexibility index (Phi) is 8.00. The fourth-order valence-electron chi connectivity index (χ4n) is 3.94. The van der Waals surface area contributed by atoms with Crippen molar-refractivity contribution in [3.63, 3.8) is 0 Å². The predicted octanol–water partition coefficient (Wildman–Crippen LogP) is 3.80. The van der Waals surface area contributed by atoms with E-state index in [1.807, 2.05) is 24.3 Å². The first kappa shape index (κ1) is 25.4. The van der Waals surface area contributed by atoms with Gasteiger partial charge in [-0.3, -0.25) is 9.10 Å². The lowest BCUT2D eigenvalue weighted by molar-refractivity contribution is -0.127. The molecular weight excluding hydrogens is 480 g/mol. The maximum Gasteiger partial charge on any atom is 0.264 e. The second-order valence-corrected chi connectivity index (χ2v) is 10.2. The summed E-state index contributed by atoms with van der Waals surface area (Å²) in [6, 6.07) is 20.8. The quantitative estimate of drug-likeness (QED) is 0.417. The number of aryl methyl sites for hydroxylation is 1. The Morgan fingerprint density at radius 2 is 1.72 bits per heavy atom. The number of methoxy groups -OCH3 is 1. The molecule has 0 saturated carbocycles. The Hall–Kier alpha value is -3.72. The molecule has 0 aliphatic carbocycles. The highest BCUT2D eigenvalue weighted by Crippen LogP contribution is 2.37. The molecule has 36 heavy (non-hydrogen) atoms. The van der Waals surface area contributed by atoms with Gasteiger partial charge in [-0.05, 0) is 60.5 Å². The van der Waals surface area contributed by atoms with Gasteiger partial charge in [-0.15, -0.1) is 0 Å². The fourth-order valence-corrected chi connectivity index (χ4v) is 5.42. The zero-order valence-corrected chi connectivity index (χ0v) is 21.2. The van der Waals surface area contributed by atoms with Gasteiger partial charge in [-0.1, -0.05) is 37.6 Å². The third-order valence-electron chi connectivity index (χ3n) is 5.81. The summed E-state index contributed by atoms with van der Waals surface area (Å²) in [6.07, 6.45) is 1.09. The number of ether oxygens (including phenoxy) is 3. The van der Waals surface area contributed by atoms with Crippen LogP contribution in [0.2, 0.25) is 0 Å². The second kappa shape index (κ2) is 11.3. The molecular formula is C27H30N2O6S. The smallest absolute Gasteiger partial charge is 0.264 e. The van der Waals surface area contributed by atoms with Gasteiger partial charge in [0.15, 0.2) is 6.10 Å². The van der Waals surface area contributed by atoms with Crippen molar-refractivity contribution in [2.75, 3.05) is 31.1 Å². The van der Waals surface area contributed by atoms with Gasteiger partial charge in [0.25, 0.3) is 15.9 Å². The van der Waals surface area contributed by atoms with Gasteiger partial charge in [-0.25, -0.2) is 8.42 Å². The Morgan fingerprint density at radius 1 is 1.03 bits per heavy atom. The second-order valence-electron chi connectivity index (χ2n) is 8.32. The number of nitrogens with zero attached hydrogens (tertiary/aromatic N) is 1. The van der Waals surface area contributed by atoms with Crippen molar-refractivity contribution in [3.8, 4) is 17.2 Å². The van der Waals surface area contributed by atoms with E-state index in [9.17, 15) is 13.2 Å². The Labute approximate surface area is 211 Å². The molecule has 0 radical (unpaired) electrons. The van der Waals surface area contributed by atoms with E-state index in [-0.39, 0.29) is 24.6 Å². The number of rotatable bonds is 10. The largest absolute Gasteiger partial charge is 0.497 e. The fraction of sp³-hybridized carbons (Fsp3) is 0.296. The van der Waals surface area contributed by atoms with Crippen LogP contribution in [0.25, 0.3) is 0 Å². The lowest BCUT2D eigenvalue weighted by Crippen LogP contribution is -2.51. The van der Waals surface area contributed by atoms with Crippen molar-refractivity contribution >= 4 is 21.6 Å². The molecule has 190 valence electrons. The maximum absolute atomic E-state index is 13.5. The van der Waals surface area contributed by atoms with E-state index in [4.69, 9.17) is 14.2 Å². The Morgan fingerprint density at radius 3 is 2.42 bits per heavy atom. The van der Waals surface area contributed by atoms with Crippen LogP contribution in [0.3, 0.4) is 0 Å². The topological polar surface area (TPSA) is 94.2 Å². The van der Waals surface area contributed by atoms with Crippen LogP contribution in [0.4, 0.5) is 5.69 Å². The maximum atomic E-state index is 13.5. The summed E-state index contributed by atoms with van der Waals surface area (Å²) in [6.45, 7) is 2.50. The number of amides is 1. The highest BCUT2D eigenvalue weighted by molar-refractivity contribution is 7.92. The minimum absolute atomic E-state index is 0.0949. The molecule has 1 aliphatic heterocycles. The van der Waals surface area contributed by atoms with E-state index < -0.39 is 22.0 Å². The van der Waals surface area contributed by atoms with Crippen LogP contribution in [-0.4, -0.2) is 47.2 Å². The Balaban J connectivity index is 1.41. The van der Waals surface area contributed by atoms with E-state index in [2.05, 4.69) is 12.2 Å². The summed E-state index contributed by atoms with van der Waals surface area (Å²) in [7, 11) is -2.43. The van der Waals surface area contributed by atoms with Gasteiger partial charge in [0.2, 0.25) is 0 Å². The van der Waals surface area contributed by atoms with Gasteiger partial charge >= 0.3 is 0 Å². The summed E-state index contributed by atoms with van der Waals surface area (Å²) < 4.78 is 44.9. The normalized spacial score (nSPS) is 14.9. The van der Waals surface area contributed by atoms with Crippen molar-refractivity contribution in [3.05, 3.63) is 78.4 Å². The standard InChI is InChI=1S/C27H30N2O6S/c1-3-6-20-9-11-22(12-10-20)34-18-17-28-27(30)26-19-29(24-7-4-5-8-25(24)35-26)36(31,32)23-15-13-21(33-2)14-16-23/h4-5,7-16,26H,3,6,17-19H2,1-2H3,(H,28,30). The van der Waals surface area contributed by atoms with Gasteiger partial charge in [-0.2, -0.15) is 0 Å².